The van der Waals surface area contributed by atoms with Gasteiger partial charge in [-0.25, -0.2) is 0 Å². The molecule has 0 aliphatic heterocycles. The molecule has 0 fully saturated rings. The Morgan fingerprint density at radius 1 is 1.27 bits per heavy atom. The summed E-state index contributed by atoms with van der Waals surface area (Å²) in [5.74, 6) is 0.841. The van der Waals surface area contributed by atoms with E-state index in [-0.39, 0.29) is 24.0 Å². The summed E-state index contributed by atoms with van der Waals surface area (Å²) >= 11 is 4.20. The summed E-state index contributed by atoms with van der Waals surface area (Å²) in [4.78, 5) is 0. The minimum atomic E-state index is 0. The van der Waals surface area contributed by atoms with Crippen LogP contribution in [0, 0.1) is 0 Å². The zero-order valence-electron chi connectivity index (χ0n) is 6.58. The van der Waals surface area contributed by atoms with E-state index in [9.17, 15) is 0 Å². The summed E-state index contributed by atoms with van der Waals surface area (Å²) in [6, 6.07) is 8.54. The van der Waals surface area contributed by atoms with Gasteiger partial charge in [0.1, 0.15) is 0 Å². The van der Waals surface area contributed by atoms with Gasteiger partial charge in [-0.1, -0.05) is 31.2 Å². The molecule has 0 heterocycles. The molecule has 11 heavy (non-hydrogen) atoms. The van der Waals surface area contributed by atoms with Crippen molar-refractivity contribution < 1.29 is 0 Å². The Hall–Kier alpha value is 0.300. The summed E-state index contributed by atoms with van der Waals surface area (Å²) in [6.45, 7) is 2.16. The number of halogens is 1. The Balaban J connectivity index is 0.000001000. The molecule has 2 heteroatoms. The minimum Gasteiger partial charge on any atom is -0.175 e. The van der Waals surface area contributed by atoms with Gasteiger partial charge in [-0.05, 0) is 17.5 Å². The van der Waals surface area contributed by atoms with E-state index in [4.69, 9.17) is 0 Å². The number of thiol groups is 1. The first-order valence-electron chi connectivity index (χ1n) is 3.55. The number of hydrogen-bond donors (Lipinski definition) is 1. The van der Waals surface area contributed by atoms with Gasteiger partial charge >= 0.3 is 0 Å². The van der Waals surface area contributed by atoms with Crippen LogP contribution in [0.4, 0.5) is 0 Å². The Morgan fingerprint density at radius 3 is 2.45 bits per heavy atom. The van der Waals surface area contributed by atoms with E-state index in [1.807, 2.05) is 0 Å². The van der Waals surface area contributed by atoms with Gasteiger partial charge in [-0.3, -0.25) is 0 Å². The zero-order chi connectivity index (χ0) is 7.40. The van der Waals surface area contributed by atoms with Gasteiger partial charge in [0.15, 0.2) is 0 Å². The molecule has 0 saturated heterocycles. The van der Waals surface area contributed by atoms with Crippen molar-refractivity contribution in [1.29, 1.82) is 0 Å². The second-order valence-corrected chi connectivity index (χ2v) is 2.65. The van der Waals surface area contributed by atoms with Gasteiger partial charge in [-0.15, -0.1) is 24.0 Å². The van der Waals surface area contributed by atoms with Crippen LogP contribution < -0.4 is 0 Å². The van der Waals surface area contributed by atoms with Gasteiger partial charge in [-0.2, -0.15) is 12.6 Å². The van der Waals surface area contributed by atoms with E-state index in [0.717, 1.165) is 12.2 Å². The molecule has 0 bridgehead atoms. The highest BCUT2D eigenvalue weighted by atomic mass is 127. The van der Waals surface area contributed by atoms with E-state index < -0.39 is 0 Å². The summed E-state index contributed by atoms with van der Waals surface area (Å²) in [7, 11) is 0. The third-order valence-electron chi connectivity index (χ3n) is 1.58. The minimum absolute atomic E-state index is 0. The molecular formula is C9H13IS. The van der Waals surface area contributed by atoms with Gasteiger partial charge in [0.25, 0.3) is 0 Å². The van der Waals surface area contributed by atoms with Crippen molar-refractivity contribution in [2.75, 3.05) is 0 Å². The molecular weight excluding hydrogens is 267 g/mol. The smallest absolute Gasteiger partial charge is 0.0154 e. The van der Waals surface area contributed by atoms with Crippen LogP contribution in [0.5, 0.6) is 0 Å². The molecule has 0 unspecified atom stereocenters. The first-order valence-corrected chi connectivity index (χ1v) is 4.18. The largest absolute Gasteiger partial charge is 0.175 e. The number of benzene rings is 1. The van der Waals surface area contributed by atoms with Crippen LogP contribution in [0.15, 0.2) is 24.3 Å². The monoisotopic (exact) mass is 280 g/mol. The molecule has 0 radical (unpaired) electrons. The normalized spacial score (nSPS) is 8.91. The zero-order valence-corrected chi connectivity index (χ0v) is 9.80. The summed E-state index contributed by atoms with van der Waals surface area (Å²) in [5.41, 5.74) is 2.70. The quantitative estimate of drug-likeness (QED) is 0.623. The Labute approximate surface area is 90.8 Å². The van der Waals surface area contributed by atoms with Crippen molar-refractivity contribution in [3.63, 3.8) is 0 Å². The first-order chi connectivity index (χ1) is 4.86. The van der Waals surface area contributed by atoms with Crippen LogP contribution in [-0.2, 0) is 12.2 Å². The van der Waals surface area contributed by atoms with E-state index in [0.29, 0.717) is 0 Å². The fourth-order valence-corrected chi connectivity index (χ4v) is 1.14. The highest BCUT2D eigenvalue weighted by Gasteiger charge is 1.89. The lowest BCUT2D eigenvalue weighted by Gasteiger charge is -1.98. The van der Waals surface area contributed by atoms with Gasteiger partial charge < -0.3 is 0 Å². The van der Waals surface area contributed by atoms with Gasteiger partial charge in [0.2, 0.25) is 0 Å². The third kappa shape index (κ3) is 3.47. The molecule has 62 valence electrons. The molecule has 0 amide bonds. The van der Waals surface area contributed by atoms with Crippen molar-refractivity contribution in [2.45, 2.75) is 19.1 Å². The van der Waals surface area contributed by atoms with Crippen molar-refractivity contribution in [3.8, 4) is 0 Å². The van der Waals surface area contributed by atoms with Crippen molar-refractivity contribution in [1.82, 2.24) is 0 Å². The fourth-order valence-electron chi connectivity index (χ4n) is 0.948. The van der Waals surface area contributed by atoms with E-state index in [2.05, 4.69) is 43.8 Å². The van der Waals surface area contributed by atoms with Gasteiger partial charge in [0.05, 0.1) is 0 Å². The topological polar surface area (TPSA) is 0 Å². The maximum atomic E-state index is 4.20. The molecule has 0 aromatic heterocycles. The second-order valence-electron chi connectivity index (χ2n) is 2.33. The first kappa shape index (κ1) is 11.3. The maximum absolute atomic E-state index is 4.20. The number of aryl methyl sites for hydroxylation is 1. The Morgan fingerprint density at radius 2 is 1.91 bits per heavy atom. The number of rotatable bonds is 2. The lowest BCUT2D eigenvalue weighted by atomic mass is 10.1. The van der Waals surface area contributed by atoms with Crippen LogP contribution in [0.1, 0.15) is 18.1 Å². The predicted molar refractivity (Wildman–Crippen MR) is 63.9 cm³/mol. The fraction of sp³-hybridized carbons (Fsp3) is 0.333. The average molecular weight is 280 g/mol. The summed E-state index contributed by atoms with van der Waals surface area (Å²) in [5, 5.41) is 0. The third-order valence-corrected chi connectivity index (χ3v) is 1.95. The molecule has 0 aliphatic carbocycles. The maximum Gasteiger partial charge on any atom is 0.0154 e. The molecule has 0 nitrogen and oxygen atoms in total. The number of hydrogen-bond acceptors (Lipinski definition) is 1. The molecule has 0 aliphatic rings. The highest BCUT2D eigenvalue weighted by molar-refractivity contribution is 14.0. The molecule has 1 rings (SSSR count). The van der Waals surface area contributed by atoms with E-state index >= 15 is 0 Å². The molecule has 0 atom stereocenters. The van der Waals surface area contributed by atoms with Crippen LogP contribution in [0.25, 0.3) is 0 Å². The summed E-state index contributed by atoms with van der Waals surface area (Å²) < 4.78 is 0. The lowest BCUT2D eigenvalue weighted by molar-refractivity contribution is 1.13. The molecule has 0 spiro atoms. The highest BCUT2D eigenvalue weighted by Crippen LogP contribution is 2.07. The van der Waals surface area contributed by atoms with E-state index in [1.165, 1.54) is 11.1 Å². The Bertz CT molecular complexity index is 191. The SMILES string of the molecule is CCc1cccc(CS)c1.I. The standard InChI is InChI=1S/C9H12S.HI/c1-2-8-4-3-5-9(6-8)7-10;/h3-6,10H,2,7H2,1H3;1H. The van der Waals surface area contributed by atoms with Crippen molar-refractivity contribution >= 4 is 36.6 Å². The van der Waals surface area contributed by atoms with Crippen LogP contribution in [-0.4, -0.2) is 0 Å². The van der Waals surface area contributed by atoms with Crippen LogP contribution >= 0.6 is 36.6 Å². The van der Waals surface area contributed by atoms with E-state index in [1.54, 1.807) is 0 Å². The predicted octanol–water partition coefficient (Wildman–Crippen LogP) is 3.30. The van der Waals surface area contributed by atoms with Crippen molar-refractivity contribution in [3.05, 3.63) is 35.4 Å². The molecule has 1 aromatic rings. The lowest BCUT2D eigenvalue weighted by Crippen LogP contribution is -1.82. The second kappa shape index (κ2) is 5.89. The molecule has 0 saturated carbocycles. The van der Waals surface area contributed by atoms with Crippen LogP contribution in [0.2, 0.25) is 0 Å². The molecule has 1 aromatic carbocycles. The molecule has 0 N–H and O–H groups in total. The van der Waals surface area contributed by atoms with Crippen molar-refractivity contribution in [2.24, 2.45) is 0 Å². The average Bonchev–Trinajstić information content (AvgIpc) is 2.05. The summed E-state index contributed by atoms with van der Waals surface area (Å²) in [6.07, 6.45) is 1.11. The van der Waals surface area contributed by atoms with Gasteiger partial charge in [0, 0.05) is 5.75 Å². The van der Waals surface area contributed by atoms with Crippen LogP contribution in [0.3, 0.4) is 0 Å². The Kier molecular flexibility index (Phi) is 6.05.